The van der Waals surface area contributed by atoms with Gasteiger partial charge in [-0.2, -0.15) is 0 Å². The van der Waals surface area contributed by atoms with Crippen LogP contribution in [0.2, 0.25) is 0 Å². The zero-order valence-electron chi connectivity index (χ0n) is 26.7. The molecule has 2 nitrogen and oxygen atoms in total. The minimum atomic E-state index is 1.08. The van der Waals surface area contributed by atoms with Crippen molar-refractivity contribution in [3.63, 3.8) is 0 Å². The van der Waals surface area contributed by atoms with Crippen molar-refractivity contribution in [2.75, 3.05) is 4.90 Å². The molecule has 49 heavy (non-hydrogen) atoms. The monoisotopic (exact) mass is 690 g/mol. The van der Waals surface area contributed by atoms with Gasteiger partial charge in [0.2, 0.25) is 0 Å². The number of aromatic nitrogens is 1. The Bertz CT molecular complexity index is 2600. The fourth-order valence-electron chi connectivity index (χ4n) is 7.11. The van der Waals surface area contributed by atoms with Gasteiger partial charge in [-0.15, -0.1) is 0 Å². The van der Waals surface area contributed by atoms with E-state index in [0.717, 1.165) is 27.2 Å². The van der Waals surface area contributed by atoms with Gasteiger partial charge < -0.3 is 9.47 Å². The van der Waals surface area contributed by atoms with E-state index in [1.807, 2.05) is 0 Å². The summed E-state index contributed by atoms with van der Waals surface area (Å²) in [7, 11) is 0. The molecule has 9 rings (SSSR count). The van der Waals surface area contributed by atoms with Gasteiger partial charge in [0.25, 0.3) is 0 Å². The summed E-state index contributed by atoms with van der Waals surface area (Å²) in [6.07, 6.45) is 0. The van der Waals surface area contributed by atoms with Crippen LogP contribution in [0, 0.1) is 0 Å². The van der Waals surface area contributed by atoms with Crippen LogP contribution in [0.1, 0.15) is 0 Å². The summed E-state index contributed by atoms with van der Waals surface area (Å²) in [5.74, 6) is 0. The number of anilines is 3. The van der Waals surface area contributed by atoms with Gasteiger partial charge in [0.05, 0.1) is 16.7 Å². The molecular weight excluding hydrogens is 660 g/mol. The first-order chi connectivity index (χ1) is 24.2. The molecule has 0 unspecified atom stereocenters. The van der Waals surface area contributed by atoms with Crippen LogP contribution in [0.25, 0.3) is 60.5 Å². The number of benzene rings is 8. The summed E-state index contributed by atoms with van der Waals surface area (Å²) in [6.45, 7) is 0. The molecule has 0 bridgehead atoms. The van der Waals surface area contributed by atoms with E-state index in [4.69, 9.17) is 0 Å². The summed E-state index contributed by atoms with van der Waals surface area (Å²) in [5, 5.41) is 4.87. The van der Waals surface area contributed by atoms with Crippen LogP contribution >= 0.6 is 15.9 Å². The van der Waals surface area contributed by atoms with E-state index < -0.39 is 0 Å². The normalized spacial score (nSPS) is 11.4. The molecule has 1 aromatic heterocycles. The minimum Gasteiger partial charge on any atom is -0.310 e. The lowest BCUT2D eigenvalue weighted by molar-refractivity contribution is 1.18. The van der Waals surface area contributed by atoms with Gasteiger partial charge in [-0.3, -0.25) is 0 Å². The molecule has 0 aliphatic rings. The average Bonchev–Trinajstić information content (AvgIpc) is 3.50. The predicted molar refractivity (Wildman–Crippen MR) is 212 cm³/mol. The SMILES string of the molecule is Brc1ccc(-c2ccc(N(c3ccc4c(c3)c3ccccc3n4-c3cccc(-c4ccccc4)c3)c3cccc4ccccc34)cc2)cc1. The van der Waals surface area contributed by atoms with E-state index in [2.05, 4.69) is 213 Å². The number of hydrogen-bond acceptors (Lipinski definition) is 1. The number of para-hydroxylation sites is 1. The fourth-order valence-corrected chi connectivity index (χ4v) is 7.37. The molecule has 3 heteroatoms. The summed E-state index contributed by atoms with van der Waals surface area (Å²) < 4.78 is 3.48. The Morgan fingerprint density at radius 2 is 0.980 bits per heavy atom. The Morgan fingerprint density at radius 3 is 1.80 bits per heavy atom. The Kier molecular flexibility index (Phi) is 7.33. The van der Waals surface area contributed by atoms with Crippen LogP contribution in [-0.2, 0) is 0 Å². The maximum absolute atomic E-state index is 3.57. The molecule has 0 radical (unpaired) electrons. The van der Waals surface area contributed by atoms with Crippen molar-refractivity contribution in [2.24, 2.45) is 0 Å². The Labute approximate surface area is 294 Å². The van der Waals surface area contributed by atoms with Gasteiger partial charge in [-0.05, 0) is 94.4 Å². The molecule has 0 atom stereocenters. The molecule has 0 amide bonds. The van der Waals surface area contributed by atoms with E-state index in [1.54, 1.807) is 0 Å². The number of hydrogen-bond donors (Lipinski definition) is 0. The van der Waals surface area contributed by atoms with Crippen molar-refractivity contribution in [3.8, 4) is 27.9 Å². The van der Waals surface area contributed by atoms with E-state index >= 15 is 0 Å². The van der Waals surface area contributed by atoms with E-state index in [0.29, 0.717) is 0 Å². The van der Waals surface area contributed by atoms with Gasteiger partial charge in [-0.1, -0.05) is 137 Å². The van der Waals surface area contributed by atoms with Crippen LogP contribution in [0.5, 0.6) is 0 Å². The van der Waals surface area contributed by atoms with E-state index in [-0.39, 0.29) is 0 Å². The van der Waals surface area contributed by atoms with E-state index in [9.17, 15) is 0 Å². The van der Waals surface area contributed by atoms with Gasteiger partial charge in [0, 0.05) is 37.7 Å². The highest BCUT2D eigenvalue weighted by Crippen LogP contribution is 2.42. The van der Waals surface area contributed by atoms with Crippen LogP contribution < -0.4 is 4.90 Å². The second-order valence-corrected chi connectivity index (χ2v) is 13.3. The van der Waals surface area contributed by atoms with Gasteiger partial charge in [0.1, 0.15) is 0 Å². The van der Waals surface area contributed by atoms with Gasteiger partial charge in [-0.25, -0.2) is 0 Å². The third-order valence-corrected chi connectivity index (χ3v) is 9.97. The maximum Gasteiger partial charge on any atom is 0.0542 e. The van der Waals surface area contributed by atoms with Crippen LogP contribution in [-0.4, -0.2) is 4.57 Å². The second-order valence-electron chi connectivity index (χ2n) is 12.4. The number of halogens is 1. The lowest BCUT2D eigenvalue weighted by Gasteiger charge is -2.27. The molecule has 0 spiro atoms. The highest BCUT2D eigenvalue weighted by molar-refractivity contribution is 9.10. The molecule has 232 valence electrons. The third kappa shape index (κ3) is 5.29. The van der Waals surface area contributed by atoms with Crippen molar-refractivity contribution >= 4 is 65.6 Å². The van der Waals surface area contributed by atoms with Crippen LogP contribution in [0.3, 0.4) is 0 Å². The number of fused-ring (bicyclic) bond motifs is 4. The smallest absolute Gasteiger partial charge is 0.0542 e. The molecule has 0 aliphatic heterocycles. The molecule has 0 N–H and O–H groups in total. The Balaban J connectivity index is 1.23. The maximum atomic E-state index is 3.57. The molecule has 0 fully saturated rings. The highest BCUT2D eigenvalue weighted by atomic mass is 79.9. The third-order valence-electron chi connectivity index (χ3n) is 9.44. The Hall–Kier alpha value is -5.90. The first kappa shape index (κ1) is 29.3. The first-order valence-corrected chi connectivity index (χ1v) is 17.3. The second kappa shape index (κ2) is 12.3. The van der Waals surface area contributed by atoms with Crippen molar-refractivity contribution in [1.29, 1.82) is 0 Å². The standard InChI is InChI=1S/C46H31BrN2/c47-37-24-20-33(21-25-37)34-22-26-38(27-23-34)48(44-19-9-13-35-12-4-5-16-41(35)44)40-28-29-46-43(31-40)42-17-6-7-18-45(42)49(46)39-15-8-14-36(30-39)32-10-2-1-3-11-32/h1-31H. The molecule has 8 aromatic carbocycles. The average molecular weight is 692 g/mol. The summed E-state index contributed by atoms with van der Waals surface area (Å²) in [4.78, 5) is 2.40. The fraction of sp³-hybridized carbons (Fsp3) is 0. The summed E-state index contributed by atoms with van der Waals surface area (Å²) in [6, 6.07) is 67.8. The topological polar surface area (TPSA) is 8.17 Å². The molecule has 1 heterocycles. The minimum absolute atomic E-state index is 1.08. The highest BCUT2D eigenvalue weighted by Gasteiger charge is 2.19. The largest absolute Gasteiger partial charge is 0.310 e. The van der Waals surface area contributed by atoms with Crippen LogP contribution in [0.4, 0.5) is 17.1 Å². The molecule has 0 aliphatic carbocycles. The zero-order chi connectivity index (χ0) is 32.7. The predicted octanol–water partition coefficient (Wildman–Crippen LogP) is 13.5. The van der Waals surface area contributed by atoms with Crippen molar-refractivity contribution in [3.05, 3.63) is 193 Å². The number of nitrogens with zero attached hydrogens (tertiary/aromatic N) is 2. The van der Waals surface area contributed by atoms with Gasteiger partial charge >= 0.3 is 0 Å². The Morgan fingerprint density at radius 1 is 0.388 bits per heavy atom. The number of rotatable bonds is 6. The first-order valence-electron chi connectivity index (χ1n) is 16.5. The lowest BCUT2D eigenvalue weighted by atomic mass is 10.0. The van der Waals surface area contributed by atoms with Crippen LogP contribution in [0.15, 0.2) is 193 Å². The van der Waals surface area contributed by atoms with Crippen molar-refractivity contribution in [1.82, 2.24) is 4.57 Å². The lowest BCUT2D eigenvalue weighted by Crippen LogP contribution is -2.10. The molecule has 0 saturated carbocycles. The van der Waals surface area contributed by atoms with Gasteiger partial charge in [0.15, 0.2) is 0 Å². The molecule has 0 saturated heterocycles. The quantitative estimate of drug-likeness (QED) is 0.169. The zero-order valence-corrected chi connectivity index (χ0v) is 28.3. The summed E-state index contributed by atoms with van der Waals surface area (Å²) in [5.41, 5.74) is 11.7. The van der Waals surface area contributed by atoms with E-state index in [1.165, 1.54) is 54.8 Å². The van der Waals surface area contributed by atoms with Crippen molar-refractivity contribution in [2.45, 2.75) is 0 Å². The molecular formula is C46H31BrN2. The molecule has 9 aromatic rings. The van der Waals surface area contributed by atoms with Crippen molar-refractivity contribution < 1.29 is 0 Å². The summed E-state index contributed by atoms with van der Waals surface area (Å²) >= 11 is 3.57.